The van der Waals surface area contributed by atoms with E-state index < -0.39 is 0 Å². The van der Waals surface area contributed by atoms with Crippen LogP contribution in [0.15, 0.2) is 54.6 Å². The Hall–Kier alpha value is -3.35. The molecule has 148 valence electrons. The molecule has 0 spiro atoms. The summed E-state index contributed by atoms with van der Waals surface area (Å²) in [4.78, 5) is 38.0. The number of nitrogens with one attached hydrogen (secondary N) is 3. The zero-order valence-electron chi connectivity index (χ0n) is 16.4. The molecular formula is C21H26N4O3. The van der Waals surface area contributed by atoms with Crippen LogP contribution in [0.5, 0.6) is 0 Å². The minimum atomic E-state index is -0.370. The molecule has 0 heterocycles. The highest BCUT2D eigenvalue weighted by Gasteiger charge is 2.17. The summed E-state index contributed by atoms with van der Waals surface area (Å²) in [5.41, 5.74) is 1.70. The van der Waals surface area contributed by atoms with Crippen LogP contribution in [0, 0.1) is 0 Å². The molecule has 3 N–H and O–H groups in total. The van der Waals surface area contributed by atoms with Crippen molar-refractivity contribution in [1.29, 1.82) is 0 Å². The Kier molecular flexibility index (Phi) is 7.56. The number of carbonyl (C=O) groups is 3. The maximum Gasteiger partial charge on any atom is 0.323 e. The topological polar surface area (TPSA) is 90.5 Å². The Morgan fingerprint density at radius 3 is 2.00 bits per heavy atom. The summed E-state index contributed by atoms with van der Waals surface area (Å²) in [7, 11) is 0. The van der Waals surface area contributed by atoms with E-state index in [-0.39, 0.29) is 30.4 Å². The van der Waals surface area contributed by atoms with Crippen LogP contribution in [-0.4, -0.2) is 41.9 Å². The largest absolute Gasteiger partial charge is 0.352 e. The predicted molar refractivity (Wildman–Crippen MR) is 110 cm³/mol. The summed E-state index contributed by atoms with van der Waals surface area (Å²) in [6.07, 6.45) is 0. The van der Waals surface area contributed by atoms with Crippen molar-refractivity contribution in [3.63, 3.8) is 0 Å². The average molecular weight is 382 g/mol. The van der Waals surface area contributed by atoms with Crippen LogP contribution < -0.4 is 16.0 Å². The summed E-state index contributed by atoms with van der Waals surface area (Å²) >= 11 is 0. The number of likely N-dealkylation sites (N-methyl/N-ethyl adjacent to an activating group) is 1. The van der Waals surface area contributed by atoms with E-state index in [9.17, 15) is 14.4 Å². The van der Waals surface area contributed by atoms with Gasteiger partial charge in [0.2, 0.25) is 5.91 Å². The lowest BCUT2D eigenvalue weighted by Gasteiger charge is -2.21. The van der Waals surface area contributed by atoms with Gasteiger partial charge in [0.1, 0.15) is 0 Å². The third-order valence-corrected chi connectivity index (χ3v) is 3.87. The van der Waals surface area contributed by atoms with Crippen LogP contribution in [0.4, 0.5) is 16.2 Å². The third kappa shape index (κ3) is 6.42. The van der Waals surface area contributed by atoms with Crippen LogP contribution in [0.2, 0.25) is 0 Å². The van der Waals surface area contributed by atoms with Crippen LogP contribution >= 0.6 is 0 Å². The fourth-order valence-electron chi connectivity index (χ4n) is 2.56. The summed E-state index contributed by atoms with van der Waals surface area (Å²) < 4.78 is 0. The molecule has 4 amide bonds. The number of urea groups is 1. The van der Waals surface area contributed by atoms with E-state index in [0.717, 1.165) is 0 Å². The molecule has 2 aromatic carbocycles. The molecule has 0 aliphatic carbocycles. The van der Waals surface area contributed by atoms with Crippen LogP contribution in [0.25, 0.3) is 0 Å². The van der Waals surface area contributed by atoms with Gasteiger partial charge in [-0.05, 0) is 57.2 Å². The lowest BCUT2D eigenvalue weighted by atomic mass is 10.1. The van der Waals surface area contributed by atoms with Crippen molar-refractivity contribution < 1.29 is 14.4 Å². The van der Waals surface area contributed by atoms with Gasteiger partial charge in [-0.2, -0.15) is 0 Å². The van der Waals surface area contributed by atoms with Crippen LogP contribution in [0.1, 0.15) is 31.1 Å². The Morgan fingerprint density at radius 1 is 0.893 bits per heavy atom. The molecule has 0 saturated heterocycles. The van der Waals surface area contributed by atoms with E-state index in [4.69, 9.17) is 0 Å². The second kappa shape index (κ2) is 10.1. The van der Waals surface area contributed by atoms with Gasteiger partial charge in [0.15, 0.2) is 0 Å². The molecule has 7 nitrogen and oxygen atoms in total. The number of hydrogen-bond donors (Lipinski definition) is 3. The molecule has 7 heteroatoms. The molecule has 28 heavy (non-hydrogen) atoms. The molecule has 0 fully saturated rings. The summed E-state index contributed by atoms with van der Waals surface area (Å²) in [6.45, 7) is 5.99. The molecule has 2 rings (SSSR count). The molecule has 0 aliphatic rings. The molecule has 0 atom stereocenters. The Balaban J connectivity index is 1.95. The standard InChI is InChI=1S/C21H26N4O3/c1-4-25(14-19(26)22-15(2)3)20(27)16-10-12-18(13-11-16)24-21(28)23-17-8-6-5-7-9-17/h5-13,15H,4,14H2,1-3H3,(H,22,26)(H2,23,24,28). The molecule has 0 bridgehead atoms. The van der Waals surface area contributed by atoms with Gasteiger partial charge in [-0.25, -0.2) is 4.79 Å². The SMILES string of the molecule is CCN(CC(=O)NC(C)C)C(=O)c1ccc(NC(=O)Nc2ccccc2)cc1. The van der Waals surface area contributed by atoms with Crippen molar-refractivity contribution in [1.82, 2.24) is 10.2 Å². The number of hydrogen-bond acceptors (Lipinski definition) is 3. The lowest BCUT2D eigenvalue weighted by molar-refractivity contribution is -0.122. The zero-order valence-corrected chi connectivity index (χ0v) is 16.4. The van der Waals surface area contributed by atoms with E-state index in [1.165, 1.54) is 4.90 Å². The molecule has 0 saturated carbocycles. The van der Waals surface area contributed by atoms with Crippen molar-refractivity contribution in [3.8, 4) is 0 Å². The molecular weight excluding hydrogens is 356 g/mol. The summed E-state index contributed by atoms with van der Waals surface area (Å²) in [5.74, 6) is -0.428. The number of carbonyl (C=O) groups excluding carboxylic acids is 3. The predicted octanol–water partition coefficient (Wildman–Crippen LogP) is 3.32. The van der Waals surface area contributed by atoms with E-state index in [2.05, 4.69) is 16.0 Å². The summed E-state index contributed by atoms with van der Waals surface area (Å²) in [6, 6.07) is 15.3. The second-order valence-corrected chi connectivity index (χ2v) is 6.56. The van der Waals surface area contributed by atoms with Gasteiger partial charge in [0.05, 0.1) is 6.54 Å². The van der Waals surface area contributed by atoms with Crippen LogP contribution in [0.3, 0.4) is 0 Å². The normalized spacial score (nSPS) is 10.3. The molecule has 0 aliphatic heterocycles. The smallest absolute Gasteiger partial charge is 0.323 e. The van der Waals surface area contributed by atoms with Crippen molar-refractivity contribution >= 4 is 29.2 Å². The first-order valence-corrected chi connectivity index (χ1v) is 9.20. The molecule has 0 radical (unpaired) electrons. The lowest BCUT2D eigenvalue weighted by Crippen LogP contribution is -2.42. The molecule has 0 aromatic heterocycles. The quantitative estimate of drug-likeness (QED) is 0.686. The number of para-hydroxylation sites is 1. The van der Waals surface area contributed by atoms with Gasteiger partial charge in [-0.3, -0.25) is 9.59 Å². The number of amides is 4. The highest BCUT2D eigenvalue weighted by atomic mass is 16.2. The van der Waals surface area contributed by atoms with E-state index in [0.29, 0.717) is 23.5 Å². The molecule has 0 unspecified atom stereocenters. The average Bonchev–Trinajstić information content (AvgIpc) is 2.66. The van der Waals surface area contributed by atoms with Crippen LogP contribution in [-0.2, 0) is 4.79 Å². The summed E-state index contributed by atoms with van der Waals surface area (Å²) in [5, 5.41) is 8.21. The second-order valence-electron chi connectivity index (χ2n) is 6.56. The monoisotopic (exact) mass is 382 g/mol. The maximum absolute atomic E-state index is 12.6. The first-order valence-electron chi connectivity index (χ1n) is 9.20. The highest BCUT2D eigenvalue weighted by Crippen LogP contribution is 2.13. The Labute approximate surface area is 165 Å². The van der Waals surface area contributed by atoms with E-state index >= 15 is 0 Å². The van der Waals surface area contributed by atoms with Gasteiger partial charge >= 0.3 is 6.03 Å². The number of nitrogens with zero attached hydrogens (tertiary/aromatic N) is 1. The maximum atomic E-state index is 12.6. The highest BCUT2D eigenvalue weighted by molar-refractivity contribution is 6.00. The van der Waals surface area contributed by atoms with Crippen molar-refractivity contribution in [2.24, 2.45) is 0 Å². The van der Waals surface area contributed by atoms with Gasteiger partial charge in [0, 0.05) is 29.5 Å². The first kappa shape index (κ1) is 21.0. The number of benzene rings is 2. The minimum Gasteiger partial charge on any atom is -0.352 e. The zero-order chi connectivity index (χ0) is 20.5. The number of rotatable bonds is 7. The Bertz CT molecular complexity index is 804. The van der Waals surface area contributed by atoms with Gasteiger partial charge in [-0.1, -0.05) is 18.2 Å². The number of anilines is 2. The van der Waals surface area contributed by atoms with Crippen molar-refractivity contribution in [2.75, 3.05) is 23.7 Å². The fraction of sp³-hybridized carbons (Fsp3) is 0.286. The van der Waals surface area contributed by atoms with Gasteiger partial charge < -0.3 is 20.9 Å². The first-order chi connectivity index (χ1) is 13.4. The minimum absolute atomic E-state index is 0.00694. The van der Waals surface area contributed by atoms with E-state index in [1.54, 1.807) is 36.4 Å². The molecule has 2 aromatic rings. The van der Waals surface area contributed by atoms with Gasteiger partial charge in [0.25, 0.3) is 5.91 Å². The van der Waals surface area contributed by atoms with Crippen molar-refractivity contribution in [2.45, 2.75) is 26.8 Å². The van der Waals surface area contributed by atoms with Crippen molar-refractivity contribution in [3.05, 3.63) is 60.2 Å². The Morgan fingerprint density at radius 2 is 1.46 bits per heavy atom. The van der Waals surface area contributed by atoms with E-state index in [1.807, 2.05) is 39.0 Å². The fourth-order valence-corrected chi connectivity index (χ4v) is 2.56. The third-order valence-electron chi connectivity index (χ3n) is 3.87. The van der Waals surface area contributed by atoms with Gasteiger partial charge in [-0.15, -0.1) is 0 Å².